The Morgan fingerprint density at radius 3 is 2.65 bits per heavy atom. The van der Waals surface area contributed by atoms with Gasteiger partial charge in [-0.25, -0.2) is 4.39 Å². The van der Waals surface area contributed by atoms with Gasteiger partial charge in [0.25, 0.3) is 0 Å². The van der Waals surface area contributed by atoms with E-state index in [4.69, 9.17) is 5.73 Å². The fourth-order valence-electron chi connectivity index (χ4n) is 1.50. The van der Waals surface area contributed by atoms with Crippen LogP contribution < -0.4 is 11.1 Å². The summed E-state index contributed by atoms with van der Waals surface area (Å²) >= 11 is 3.31. The molecule has 0 saturated carbocycles. The number of halogens is 2. The van der Waals surface area contributed by atoms with E-state index < -0.39 is 0 Å². The predicted molar refractivity (Wildman–Crippen MR) is 73.0 cm³/mol. The molecule has 2 aromatic rings. The Balaban J connectivity index is 2.31. The maximum absolute atomic E-state index is 13.5. The summed E-state index contributed by atoms with van der Waals surface area (Å²) in [7, 11) is 0. The molecule has 0 aromatic heterocycles. The number of rotatable bonds is 2. The van der Waals surface area contributed by atoms with Crippen LogP contribution in [0.2, 0.25) is 0 Å². The summed E-state index contributed by atoms with van der Waals surface area (Å²) in [5.41, 5.74) is 8.66. The van der Waals surface area contributed by atoms with Crippen molar-refractivity contribution in [2.75, 3.05) is 11.1 Å². The third-order valence-electron chi connectivity index (χ3n) is 2.48. The molecule has 3 N–H and O–H groups in total. The lowest BCUT2D eigenvalue weighted by Gasteiger charge is -2.09. The van der Waals surface area contributed by atoms with E-state index in [0.717, 1.165) is 21.4 Å². The SMILES string of the molecule is Cc1cc(Nc2cc(Br)ccc2F)ccc1N. The van der Waals surface area contributed by atoms with Gasteiger partial charge in [0, 0.05) is 15.8 Å². The molecule has 0 saturated heterocycles. The number of nitrogens with one attached hydrogen (secondary N) is 1. The molecular weight excluding hydrogens is 283 g/mol. The molecule has 0 heterocycles. The fourth-order valence-corrected chi connectivity index (χ4v) is 1.86. The van der Waals surface area contributed by atoms with Crippen molar-refractivity contribution in [3.05, 3.63) is 52.3 Å². The van der Waals surface area contributed by atoms with Crippen molar-refractivity contribution in [1.29, 1.82) is 0 Å². The minimum absolute atomic E-state index is 0.289. The first-order valence-electron chi connectivity index (χ1n) is 5.14. The second-order valence-corrected chi connectivity index (χ2v) is 4.74. The van der Waals surface area contributed by atoms with Gasteiger partial charge < -0.3 is 11.1 Å². The van der Waals surface area contributed by atoms with E-state index in [2.05, 4.69) is 21.2 Å². The molecule has 0 bridgehead atoms. The van der Waals surface area contributed by atoms with Crippen LogP contribution in [0.1, 0.15) is 5.56 Å². The number of anilines is 3. The quantitative estimate of drug-likeness (QED) is 0.814. The smallest absolute Gasteiger partial charge is 0.146 e. The molecule has 17 heavy (non-hydrogen) atoms. The van der Waals surface area contributed by atoms with Gasteiger partial charge in [-0.05, 0) is 48.9 Å². The van der Waals surface area contributed by atoms with Crippen LogP contribution in [0.3, 0.4) is 0 Å². The van der Waals surface area contributed by atoms with Crippen LogP contribution in [0.15, 0.2) is 40.9 Å². The molecule has 0 aliphatic heterocycles. The zero-order chi connectivity index (χ0) is 12.4. The maximum atomic E-state index is 13.5. The van der Waals surface area contributed by atoms with Gasteiger partial charge in [-0.15, -0.1) is 0 Å². The summed E-state index contributed by atoms with van der Waals surface area (Å²) in [5, 5.41) is 3.02. The van der Waals surface area contributed by atoms with Gasteiger partial charge in [0.05, 0.1) is 5.69 Å². The molecule has 2 rings (SSSR count). The van der Waals surface area contributed by atoms with Crippen molar-refractivity contribution in [3.63, 3.8) is 0 Å². The average Bonchev–Trinajstić information content (AvgIpc) is 2.29. The molecule has 0 aliphatic carbocycles. The van der Waals surface area contributed by atoms with Crippen LogP contribution in [0.25, 0.3) is 0 Å². The van der Waals surface area contributed by atoms with Gasteiger partial charge in [-0.2, -0.15) is 0 Å². The zero-order valence-electron chi connectivity index (χ0n) is 9.30. The third kappa shape index (κ3) is 2.77. The number of benzene rings is 2. The Hall–Kier alpha value is -1.55. The molecule has 0 unspecified atom stereocenters. The molecular formula is C13H12BrFN2. The van der Waals surface area contributed by atoms with Crippen molar-refractivity contribution in [3.8, 4) is 0 Å². The third-order valence-corrected chi connectivity index (χ3v) is 2.97. The second-order valence-electron chi connectivity index (χ2n) is 3.82. The van der Waals surface area contributed by atoms with Crippen LogP contribution >= 0.6 is 15.9 Å². The number of hydrogen-bond donors (Lipinski definition) is 2. The Kier molecular flexibility index (Phi) is 3.33. The molecule has 0 radical (unpaired) electrons. The molecule has 4 heteroatoms. The fraction of sp³-hybridized carbons (Fsp3) is 0.0769. The first kappa shape index (κ1) is 11.9. The summed E-state index contributed by atoms with van der Waals surface area (Å²) in [5.74, 6) is -0.289. The van der Waals surface area contributed by atoms with Crippen molar-refractivity contribution >= 4 is 33.0 Å². The van der Waals surface area contributed by atoms with Crippen molar-refractivity contribution in [2.24, 2.45) is 0 Å². The minimum Gasteiger partial charge on any atom is -0.399 e. The highest BCUT2D eigenvalue weighted by Crippen LogP contribution is 2.25. The molecule has 0 spiro atoms. The monoisotopic (exact) mass is 294 g/mol. The standard InChI is InChI=1S/C13H12BrFN2/c1-8-6-10(3-5-12(8)16)17-13-7-9(14)2-4-11(13)15/h2-7,17H,16H2,1H3. The summed E-state index contributed by atoms with van der Waals surface area (Å²) in [6.45, 7) is 1.91. The summed E-state index contributed by atoms with van der Waals surface area (Å²) in [6, 6.07) is 10.3. The summed E-state index contributed by atoms with van der Waals surface area (Å²) in [4.78, 5) is 0. The van der Waals surface area contributed by atoms with Crippen LogP contribution in [-0.4, -0.2) is 0 Å². The first-order valence-corrected chi connectivity index (χ1v) is 5.94. The number of hydrogen-bond acceptors (Lipinski definition) is 2. The highest BCUT2D eigenvalue weighted by atomic mass is 79.9. The van der Waals surface area contributed by atoms with E-state index in [-0.39, 0.29) is 5.82 Å². The summed E-state index contributed by atoms with van der Waals surface area (Å²) in [6.07, 6.45) is 0. The van der Waals surface area contributed by atoms with E-state index in [1.54, 1.807) is 18.2 Å². The van der Waals surface area contributed by atoms with Gasteiger partial charge in [0.15, 0.2) is 0 Å². The zero-order valence-corrected chi connectivity index (χ0v) is 10.9. The molecule has 0 aliphatic rings. The van der Waals surface area contributed by atoms with E-state index in [0.29, 0.717) is 5.69 Å². The number of nitrogen functional groups attached to an aromatic ring is 1. The molecule has 2 nitrogen and oxygen atoms in total. The molecule has 0 amide bonds. The molecule has 88 valence electrons. The van der Waals surface area contributed by atoms with Gasteiger partial charge in [0.1, 0.15) is 5.82 Å². The Morgan fingerprint density at radius 2 is 1.94 bits per heavy atom. The van der Waals surface area contributed by atoms with Crippen molar-refractivity contribution < 1.29 is 4.39 Å². The van der Waals surface area contributed by atoms with E-state index >= 15 is 0 Å². The molecule has 0 fully saturated rings. The van der Waals surface area contributed by atoms with Crippen LogP contribution in [-0.2, 0) is 0 Å². The van der Waals surface area contributed by atoms with E-state index in [1.807, 2.05) is 19.1 Å². The lowest BCUT2D eigenvalue weighted by atomic mass is 10.2. The lowest BCUT2D eigenvalue weighted by Crippen LogP contribution is -1.96. The van der Waals surface area contributed by atoms with Crippen molar-refractivity contribution in [2.45, 2.75) is 6.92 Å². The molecule has 0 atom stereocenters. The Labute approximate surface area is 108 Å². The van der Waals surface area contributed by atoms with Crippen molar-refractivity contribution in [1.82, 2.24) is 0 Å². The Bertz CT molecular complexity index is 555. The lowest BCUT2D eigenvalue weighted by molar-refractivity contribution is 0.631. The normalized spacial score (nSPS) is 10.3. The topological polar surface area (TPSA) is 38.0 Å². The average molecular weight is 295 g/mol. The van der Waals surface area contributed by atoms with Crippen LogP contribution in [0.5, 0.6) is 0 Å². The van der Waals surface area contributed by atoms with E-state index in [9.17, 15) is 4.39 Å². The van der Waals surface area contributed by atoms with Crippen LogP contribution in [0.4, 0.5) is 21.5 Å². The first-order chi connectivity index (χ1) is 8.06. The van der Waals surface area contributed by atoms with E-state index in [1.165, 1.54) is 6.07 Å². The Morgan fingerprint density at radius 1 is 1.18 bits per heavy atom. The molecule has 2 aromatic carbocycles. The number of aryl methyl sites for hydroxylation is 1. The van der Waals surface area contributed by atoms with Gasteiger partial charge in [-0.3, -0.25) is 0 Å². The van der Waals surface area contributed by atoms with Gasteiger partial charge in [-0.1, -0.05) is 15.9 Å². The van der Waals surface area contributed by atoms with Gasteiger partial charge >= 0.3 is 0 Å². The van der Waals surface area contributed by atoms with Gasteiger partial charge in [0.2, 0.25) is 0 Å². The second kappa shape index (κ2) is 4.75. The largest absolute Gasteiger partial charge is 0.399 e. The van der Waals surface area contributed by atoms with Crippen LogP contribution in [0, 0.1) is 12.7 Å². The summed E-state index contributed by atoms with van der Waals surface area (Å²) < 4.78 is 14.4. The maximum Gasteiger partial charge on any atom is 0.146 e. The minimum atomic E-state index is -0.289. The predicted octanol–water partition coefficient (Wildman–Crippen LogP) is 4.22. The number of nitrogens with two attached hydrogens (primary N) is 1. The highest BCUT2D eigenvalue weighted by molar-refractivity contribution is 9.10. The highest BCUT2D eigenvalue weighted by Gasteiger charge is 2.04.